The highest BCUT2D eigenvalue weighted by atomic mass is 16.5. The summed E-state index contributed by atoms with van der Waals surface area (Å²) in [5.41, 5.74) is -0.369. The highest BCUT2D eigenvalue weighted by Gasteiger charge is 2.20. The number of nitrogens with one attached hydrogen (secondary N) is 1. The molecule has 0 aliphatic heterocycles. The first-order valence-electron chi connectivity index (χ1n) is 6.88. The molecule has 0 saturated heterocycles. The van der Waals surface area contributed by atoms with E-state index in [2.05, 4.69) is 11.4 Å². The summed E-state index contributed by atoms with van der Waals surface area (Å²) in [5, 5.41) is 12.0. The molecular formula is C14H26N2O. The van der Waals surface area contributed by atoms with Gasteiger partial charge in [0.25, 0.3) is 0 Å². The van der Waals surface area contributed by atoms with Gasteiger partial charge in [-0.1, -0.05) is 19.3 Å². The lowest BCUT2D eigenvalue weighted by Gasteiger charge is -2.25. The Kier molecular flexibility index (Phi) is 6.54. The quantitative estimate of drug-likeness (QED) is 0.628. The zero-order valence-electron chi connectivity index (χ0n) is 11.3. The van der Waals surface area contributed by atoms with Crippen LogP contribution in [0.4, 0.5) is 0 Å². The van der Waals surface area contributed by atoms with E-state index in [1.54, 1.807) is 0 Å². The predicted octanol–water partition coefficient (Wildman–Crippen LogP) is 2.87. The summed E-state index contributed by atoms with van der Waals surface area (Å²) in [7, 11) is 1.85. The maximum Gasteiger partial charge on any atom is 0.103 e. The van der Waals surface area contributed by atoms with Crippen molar-refractivity contribution < 1.29 is 4.74 Å². The monoisotopic (exact) mass is 238 g/mol. The van der Waals surface area contributed by atoms with Crippen LogP contribution in [0.15, 0.2) is 0 Å². The summed E-state index contributed by atoms with van der Waals surface area (Å²) in [4.78, 5) is 0. The van der Waals surface area contributed by atoms with Crippen molar-refractivity contribution in [2.24, 2.45) is 5.92 Å². The fraction of sp³-hybridized carbons (Fsp3) is 0.929. The van der Waals surface area contributed by atoms with E-state index in [4.69, 9.17) is 10.00 Å². The summed E-state index contributed by atoms with van der Waals surface area (Å²) < 4.78 is 5.62. The molecule has 17 heavy (non-hydrogen) atoms. The maximum absolute atomic E-state index is 8.98. The van der Waals surface area contributed by atoms with Crippen molar-refractivity contribution in [3.8, 4) is 6.07 Å². The highest BCUT2D eigenvalue weighted by Crippen LogP contribution is 2.29. The van der Waals surface area contributed by atoms with Gasteiger partial charge in [-0.05, 0) is 45.6 Å². The molecule has 1 aliphatic rings. The molecule has 1 aliphatic carbocycles. The lowest BCUT2D eigenvalue weighted by molar-refractivity contribution is 0.103. The van der Waals surface area contributed by atoms with Crippen LogP contribution in [0.1, 0.15) is 51.9 Å². The zero-order valence-corrected chi connectivity index (χ0v) is 11.3. The van der Waals surface area contributed by atoms with E-state index >= 15 is 0 Å². The minimum atomic E-state index is -0.369. The highest BCUT2D eigenvalue weighted by molar-refractivity contribution is 5.02. The smallest absolute Gasteiger partial charge is 0.103 e. The summed E-state index contributed by atoms with van der Waals surface area (Å²) in [6.45, 7) is 3.72. The molecule has 1 atom stereocenters. The van der Waals surface area contributed by atoms with E-state index in [9.17, 15) is 0 Å². The van der Waals surface area contributed by atoms with Crippen molar-refractivity contribution >= 4 is 0 Å². The normalized spacial score (nSPS) is 19.4. The van der Waals surface area contributed by atoms with E-state index in [1.807, 2.05) is 14.0 Å². The number of unbranched alkanes of at least 4 members (excludes halogenated alkanes) is 1. The molecule has 3 heteroatoms. The minimum absolute atomic E-state index is 0.369. The molecule has 98 valence electrons. The van der Waals surface area contributed by atoms with Gasteiger partial charge in [0.2, 0.25) is 0 Å². The molecule has 1 N–H and O–H groups in total. The third-order valence-corrected chi connectivity index (χ3v) is 3.91. The third-order valence-electron chi connectivity index (χ3n) is 3.91. The minimum Gasteiger partial charge on any atom is -0.381 e. The first-order valence-corrected chi connectivity index (χ1v) is 6.88. The Morgan fingerprint density at radius 2 is 2.12 bits per heavy atom. The lowest BCUT2D eigenvalue weighted by Crippen LogP contribution is -2.37. The van der Waals surface area contributed by atoms with Gasteiger partial charge in [-0.3, -0.25) is 0 Å². The Morgan fingerprint density at radius 1 is 1.35 bits per heavy atom. The average molecular weight is 238 g/mol. The Balaban J connectivity index is 1.88. The summed E-state index contributed by atoms with van der Waals surface area (Å²) in [5.74, 6) is 0.946. The lowest BCUT2D eigenvalue weighted by atomic mass is 9.83. The van der Waals surface area contributed by atoms with Crippen molar-refractivity contribution in [2.75, 3.05) is 20.3 Å². The number of hydrogen-bond acceptors (Lipinski definition) is 3. The fourth-order valence-corrected chi connectivity index (χ4v) is 2.05. The topological polar surface area (TPSA) is 45.0 Å². The Labute approximate surface area is 106 Å². The Bertz CT molecular complexity index is 245. The summed E-state index contributed by atoms with van der Waals surface area (Å²) >= 11 is 0. The van der Waals surface area contributed by atoms with Gasteiger partial charge in [0, 0.05) is 13.2 Å². The van der Waals surface area contributed by atoms with E-state index in [0.717, 1.165) is 38.4 Å². The largest absolute Gasteiger partial charge is 0.381 e. The standard InChI is InChI=1S/C14H26N2O/c1-14(12-15,16-2)9-3-4-10-17-11-8-13-6-5-7-13/h13,16H,3-11H2,1-2H3. The molecule has 1 unspecified atom stereocenters. The van der Waals surface area contributed by atoms with E-state index in [-0.39, 0.29) is 5.54 Å². The summed E-state index contributed by atoms with van der Waals surface area (Å²) in [6.07, 6.45) is 8.48. The molecule has 3 nitrogen and oxygen atoms in total. The number of rotatable bonds is 9. The third kappa shape index (κ3) is 5.52. The second-order valence-electron chi connectivity index (χ2n) is 5.35. The fourth-order valence-electron chi connectivity index (χ4n) is 2.05. The van der Waals surface area contributed by atoms with Gasteiger partial charge in [-0.2, -0.15) is 5.26 Å². The molecule has 0 radical (unpaired) electrons. The molecule has 1 rings (SSSR count). The van der Waals surface area contributed by atoms with E-state index in [1.165, 1.54) is 25.7 Å². The number of nitrogens with zero attached hydrogens (tertiary/aromatic N) is 1. The van der Waals surface area contributed by atoms with Crippen molar-refractivity contribution in [1.29, 1.82) is 5.26 Å². The van der Waals surface area contributed by atoms with Crippen LogP contribution in [0.3, 0.4) is 0 Å². The molecule has 0 aromatic rings. The zero-order chi connectivity index (χ0) is 12.6. The van der Waals surface area contributed by atoms with Crippen LogP contribution >= 0.6 is 0 Å². The first-order chi connectivity index (χ1) is 8.20. The van der Waals surface area contributed by atoms with Gasteiger partial charge < -0.3 is 10.1 Å². The molecule has 0 aromatic heterocycles. The van der Waals surface area contributed by atoms with Crippen LogP contribution in [-0.2, 0) is 4.74 Å². The van der Waals surface area contributed by atoms with Crippen LogP contribution in [0.5, 0.6) is 0 Å². The molecular weight excluding hydrogens is 212 g/mol. The van der Waals surface area contributed by atoms with Crippen molar-refractivity contribution in [3.05, 3.63) is 0 Å². The first kappa shape index (κ1) is 14.5. The number of hydrogen-bond donors (Lipinski definition) is 1. The molecule has 0 bridgehead atoms. The van der Waals surface area contributed by atoms with Crippen LogP contribution in [0.2, 0.25) is 0 Å². The number of nitriles is 1. The molecule has 0 spiro atoms. The predicted molar refractivity (Wildman–Crippen MR) is 69.7 cm³/mol. The SMILES string of the molecule is CNC(C)(C#N)CCCCOCCC1CCC1. The van der Waals surface area contributed by atoms with Gasteiger partial charge in [-0.25, -0.2) is 0 Å². The van der Waals surface area contributed by atoms with Crippen molar-refractivity contribution in [3.63, 3.8) is 0 Å². The van der Waals surface area contributed by atoms with E-state index < -0.39 is 0 Å². The number of ether oxygens (including phenoxy) is 1. The molecule has 0 amide bonds. The van der Waals surface area contributed by atoms with Crippen molar-refractivity contribution in [1.82, 2.24) is 5.32 Å². The van der Waals surface area contributed by atoms with Gasteiger partial charge >= 0.3 is 0 Å². The second kappa shape index (κ2) is 7.68. The molecule has 1 fully saturated rings. The van der Waals surface area contributed by atoms with Gasteiger partial charge in [-0.15, -0.1) is 0 Å². The van der Waals surface area contributed by atoms with E-state index in [0.29, 0.717) is 0 Å². The Morgan fingerprint density at radius 3 is 2.65 bits per heavy atom. The van der Waals surface area contributed by atoms with Crippen LogP contribution in [-0.4, -0.2) is 25.8 Å². The van der Waals surface area contributed by atoms with Crippen LogP contribution < -0.4 is 5.32 Å². The summed E-state index contributed by atoms with van der Waals surface area (Å²) in [6, 6.07) is 2.31. The van der Waals surface area contributed by atoms with Crippen LogP contribution in [0.25, 0.3) is 0 Å². The average Bonchev–Trinajstić information content (AvgIpc) is 2.30. The Hall–Kier alpha value is -0.590. The van der Waals surface area contributed by atoms with Crippen LogP contribution in [0, 0.1) is 17.2 Å². The molecule has 0 heterocycles. The molecule has 0 aromatic carbocycles. The van der Waals surface area contributed by atoms with Crippen molar-refractivity contribution in [2.45, 2.75) is 57.4 Å². The van der Waals surface area contributed by atoms with Gasteiger partial charge in [0.1, 0.15) is 5.54 Å². The second-order valence-corrected chi connectivity index (χ2v) is 5.35. The maximum atomic E-state index is 8.98. The molecule has 1 saturated carbocycles. The van der Waals surface area contributed by atoms with Gasteiger partial charge in [0.05, 0.1) is 6.07 Å². The van der Waals surface area contributed by atoms with Gasteiger partial charge in [0.15, 0.2) is 0 Å².